The maximum absolute atomic E-state index is 12.6. The first-order valence-electron chi connectivity index (χ1n) is 6.25. The summed E-state index contributed by atoms with van der Waals surface area (Å²) in [6, 6.07) is 12.8. The predicted octanol–water partition coefficient (Wildman–Crippen LogP) is 3.03. The van der Waals surface area contributed by atoms with Crippen molar-refractivity contribution < 1.29 is 34.4 Å². The van der Waals surface area contributed by atoms with Crippen LogP contribution in [0.1, 0.15) is 20.3 Å². The van der Waals surface area contributed by atoms with Crippen LogP contribution in [-0.2, 0) is 24.9 Å². The predicted molar refractivity (Wildman–Crippen MR) is 75.4 cm³/mol. The quantitative estimate of drug-likeness (QED) is 0.708. The number of aliphatic hydroxyl groups excluding tert-OH is 1. The molecule has 0 aliphatic rings. The number of benzene rings is 1. The number of rotatable bonds is 3. The molecule has 0 aliphatic heterocycles. The van der Waals surface area contributed by atoms with Gasteiger partial charge in [-0.15, -0.1) is 29.8 Å². The van der Waals surface area contributed by atoms with Crippen LogP contribution in [0.15, 0.2) is 42.6 Å². The van der Waals surface area contributed by atoms with Gasteiger partial charge in [-0.05, 0) is 25.6 Å². The van der Waals surface area contributed by atoms with Gasteiger partial charge in [0.25, 0.3) is 0 Å². The Morgan fingerprint density at radius 3 is 2.48 bits per heavy atom. The average molecular weight is 467 g/mol. The largest absolute Gasteiger partial charge is 0.393 e. The number of aromatic nitrogens is 1. The monoisotopic (exact) mass is 467 g/mol. The molecule has 115 valence electrons. The van der Waals surface area contributed by atoms with Gasteiger partial charge >= 0.3 is 0 Å². The van der Waals surface area contributed by atoms with E-state index in [0.29, 0.717) is 0 Å². The van der Waals surface area contributed by atoms with Crippen LogP contribution in [0.25, 0.3) is 11.3 Å². The zero-order valence-corrected chi connectivity index (χ0v) is 14.2. The topological polar surface area (TPSA) is 50.2 Å². The normalized spacial score (nSPS) is 10.7. The number of carbonyl (C=O) groups excluding carboxylic acids is 1. The molecule has 0 fully saturated rings. The van der Waals surface area contributed by atoms with Crippen molar-refractivity contribution in [2.75, 3.05) is 0 Å². The van der Waals surface area contributed by atoms with E-state index in [-0.39, 0.29) is 38.1 Å². The summed E-state index contributed by atoms with van der Waals surface area (Å²) >= 11 is 0. The van der Waals surface area contributed by atoms with Gasteiger partial charge < -0.3 is 10.1 Å². The number of hydrogen-bond donors (Lipinski definition) is 1. The maximum atomic E-state index is 12.6. The Morgan fingerprint density at radius 1 is 1.38 bits per heavy atom. The zero-order valence-electron chi connectivity index (χ0n) is 11.8. The van der Waals surface area contributed by atoms with E-state index < -0.39 is 6.10 Å². The Morgan fingerprint density at radius 2 is 2.10 bits per heavy atom. The Labute approximate surface area is 137 Å². The molecule has 0 saturated heterocycles. The molecule has 5 heteroatoms. The zero-order chi connectivity index (χ0) is 15.0. The first-order valence-corrected chi connectivity index (χ1v) is 6.25. The van der Waals surface area contributed by atoms with Crippen LogP contribution in [0.3, 0.4) is 0 Å². The van der Waals surface area contributed by atoms with Gasteiger partial charge in [0.05, 0.1) is 6.10 Å². The fraction of sp³-hybridized carbons (Fsp3) is 0.250. The van der Waals surface area contributed by atoms with Crippen molar-refractivity contribution in [3.8, 4) is 11.3 Å². The second-order valence-electron chi connectivity index (χ2n) is 4.39. The van der Waals surface area contributed by atoms with Crippen LogP contribution >= 0.6 is 0 Å². The Balaban J connectivity index is 0.000000436. The molecule has 1 radical (unpaired) electrons. The van der Waals surface area contributed by atoms with Crippen LogP contribution in [-0.4, -0.2) is 22.0 Å². The van der Waals surface area contributed by atoms with Crippen molar-refractivity contribution in [3.05, 3.63) is 54.5 Å². The first-order chi connectivity index (χ1) is 9.49. The van der Waals surface area contributed by atoms with Crippen molar-refractivity contribution in [2.45, 2.75) is 26.4 Å². The minimum atomic E-state index is -0.475. The van der Waals surface area contributed by atoms with Gasteiger partial charge in [0, 0.05) is 38.5 Å². The summed E-state index contributed by atoms with van der Waals surface area (Å²) < 4.78 is 12.6. The molecule has 2 rings (SSSR count). The molecule has 1 N–H and O–H groups in total. The molecule has 3 nitrogen and oxygen atoms in total. The number of halogens is 1. The molecule has 1 atom stereocenters. The van der Waals surface area contributed by atoms with Gasteiger partial charge in [-0.25, -0.2) is 0 Å². The number of pyridine rings is 1. The van der Waals surface area contributed by atoms with Gasteiger partial charge in [0.15, 0.2) is 0 Å². The third-order valence-electron chi connectivity index (χ3n) is 2.30. The van der Waals surface area contributed by atoms with Crippen LogP contribution in [0.2, 0.25) is 0 Å². The van der Waals surface area contributed by atoms with Gasteiger partial charge in [-0.1, -0.05) is 12.1 Å². The average Bonchev–Trinajstić information content (AvgIpc) is 2.40. The second-order valence-corrected chi connectivity index (χ2v) is 4.39. The van der Waals surface area contributed by atoms with E-state index in [4.69, 9.17) is 5.11 Å². The molecular weight excluding hydrogens is 449 g/mol. The van der Waals surface area contributed by atoms with Crippen LogP contribution in [0.4, 0.5) is 4.39 Å². The number of aliphatic hydroxyl groups is 1. The van der Waals surface area contributed by atoms with Gasteiger partial charge in [0.2, 0.25) is 0 Å². The molecular formula is C16H17FIrNO2-. The fourth-order valence-electron chi connectivity index (χ4n) is 1.50. The minimum absolute atomic E-state index is 0. The van der Waals surface area contributed by atoms with E-state index in [2.05, 4.69) is 11.1 Å². The van der Waals surface area contributed by atoms with Gasteiger partial charge in [-0.2, -0.15) is 0 Å². The molecule has 2 aromatic rings. The minimum Gasteiger partial charge on any atom is -0.393 e. The van der Waals surface area contributed by atoms with Crippen molar-refractivity contribution in [1.82, 2.24) is 4.98 Å². The van der Waals surface area contributed by atoms with Crippen molar-refractivity contribution in [1.29, 1.82) is 0 Å². The van der Waals surface area contributed by atoms with Crippen molar-refractivity contribution in [3.63, 3.8) is 0 Å². The first kappa shape index (κ1) is 19.6. The Bertz CT molecular complexity index is 530. The van der Waals surface area contributed by atoms with Crippen LogP contribution in [0, 0.1) is 11.9 Å². The molecule has 0 spiro atoms. The number of hydrogen-bond acceptors (Lipinski definition) is 3. The summed E-state index contributed by atoms with van der Waals surface area (Å²) in [5, 5.41) is 8.50. The van der Waals surface area contributed by atoms with E-state index >= 15 is 0 Å². The van der Waals surface area contributed by atoms with E-state index in [1.165, 1.54) is 19.1 Å². The summed E-state index contributed by atoms with van der Waals surface area (Å²) in [7, 11) is 0. The van der Waals surface area contributed by atoms with Crippen molar-refractivity contribution >= 4 is 5.78 Å². The van der Waals surface area contributed by atoms with E-state index in [1.54, 1.807) is 19.2 Å². The third-order valence-corrected chi connectivity index (χ3v) is 2.30. The molecule has 0 aliphatic carbocycles. The van der Waals surface area contributed by atoms with Gasteiger partial charge in [-0.3, -0.25) is 9.18 Å². The summed E-state index contributed by atoms with van der Waals surface area (Å²) in [5.74, 6) is -0.241. The molecule has 21 heavy (non-hydrogen) atoms. The number of carbonyl (C=O) groups is 1. The Hall–Kier alpha value is -1.42. The smallest absolute Gasteiger partial charge is 0.132 e. The summed E-state index contributed by atoms with van der Waals surface area (Å²) in [6.45, 7) is 3.06. The van der Waals surface area contributed by atoms with Crippen LogP contribution in [0.5, 0.6) is 0 Å². The van der Waals surface area contributed by atoms with E-state index in [1.807, 2.05) is 18.2 Å². The molecule has 0 saturated carbocycles. The molecule has 1 unspecified atom stereocenters. The van der Waals surface area contributed by atoms with Crippen LogP contribution < -0.4 is 0 Å². The van der Waals surface area contributed by atoms with Gasteiger partial charge in [0.1, 0.15) is 5.78 Å². The second kappa shape index (κ2) is 10.3. The number of ketones is 1. The third kappa shape index (κ3) is 8.45. The fourth-order valence-corrected chi connectivity index (χ4v) is 1.50. The standard InChI is InChI=1S/C11H7FN.C5H10O2.Ir/c12-10-6-4-9(5-7-10)11-3-1-2-8-13-11;1-4(6)3-5(2)7;/h1-4,6-8H;4,6H,3H2,1-2H3;/q-1;;. The number of nitrogens with zero attached hydrogens (tertiary/aromatic N) is 1. The maximum Gasteiger partial charge on any atom is 0.132 e. The summed E-state index contributed by atoms with van der Waals surface area (Å²) in [4.78, 5) is 14.2. The van der Waals surface area contributed by atoms with E-state index in [9.17, 15) is 9.18 Å². The number of Topliss-reactive ketones (excluding diaryl/α,β-unsaturated/α-hetero) is 1. The summed E-state index contributed by atoms with van der Waals surface area (Å²) in [5.41, 5.74) is 1.62. The van der Waals surface area contributed by atoms with Crippen molar-refractivity contribution in [2.24, 2.45) is 0 Å². The van der Waals surface area contributed by atoms with E-state index in [0.717, 1.165) is 11.3 Å². The molecule has 1 heterocycles. The SMILES string of the molecule is CC(=O)CC(C)O.Fc1c[c-]c(-c2ccccn2)cc1.[Ir]. The summed E-state index contributed by atoms with van der Waals surface area (Å²) in [6.07, 6.45) is 1.50. The Kier molecular flexibility index (Phi) is 9.63. The molecule has 1 aromatic heterocycles. The molecule has 1 aromatic carbocycles. The molecule has 0 bridgehead atoms. The molecule has 0 amide bonds.